The molecular weight excluding hydrogens is 616 g/mol. The molecule has 1 aliphatic heterocycles. The predicted molar refractivity (Wildman–Crippen MR) is 183 cm³/mol. The van der Waals surface area contributed by atoms with Gasteiger partial charge in [-0.25, -0.2) is 4.79 Å². The van der Waals surface area contributed by atoms with E-state index in [9.17, 15) is 24.3 Å². The van der Waals surface area contributed by atoms with Crippen molar-refractivity contribution < 1.29 is 43.2 Å². The van der Waals surface area contributed by atoms with Gasteiger partial charge in [-0.15, -0.1) is 0 Å². The molecule has 1 fully saturated rings. The van der Waals surface area contributed by atoms with E-state index >= 15 is 0 Å². The van der Waals surface area contributed by atoms with Crippen molar-refractivity contribution in [2.24, 2.45) is 5.41 Å². The third-order valence-electron chi connectivity index (χ3n) is 8.61. The topological polar surface area (TPSA) is 141 Å². The van der Waals surface area contributed by atoms with Crippen LogP contribution in [0.5, 0.6) is 17.2 Å². The van der Waals surface area contributed by atoms with Gasteiger partial charge in [0, 0.05) is 18.5 Å². The molecule has 3 atom stereocenters. The van der Waals surface area contributed by atoms with Crippen molar-refractivity contribution in [2.45, 2.75) is 98.3 Å². The molecule has 1 saturated heterocycles. The van der Waals surface area contributed by atoms with Crippen molar-refractivity contribution in [2.75, 3.05) is 33.9 Å². The number of Topliss-reactive ketones (excluding diaryl/α,β-unsaturated/α-hetero) is 1. The van der Waals surface area contributed by atoms with E-state index in [0.29, 0.717) is 74.4 Å². The van der Waals surface area contributed by atoms with Gasteiger partial charge in [-0.05, 0) is 87.3 Å². The van der Waals surface area contributed by atoms with E-state index in [4.69, 9.17) is 18.9 Å². The minimum Gasteiger partial charge on any atom is -0.493 e. The van der Waals surface area contributed by atoms with Crippen LogP contribution in [0.3, 0.4) is 0 Å². The van der Waals surface area contributed by atoms with Gasteiger partial charge >= 0.3 is 5.97 Å². The van der Waals surface area contributed by atoms with Gasteiger partial charge in [0.2, 0.25) is 5.78 Å². The number of carbonyl (C=O) groups excluding carboxylic acids is 4. The fraction of sp³-hybridized carbons (Fsp3) is 0.568. The van der Waals surface area contributed by atoms with E-state index in [1.165, 1.54) is 4.90 Å². The molecule has 2 N–H and O–H groups in total. The number of amides is 2. The van der Waals surface area contributed by atoms with Crippen LogP contribution in [0, 0.1) is 5.41 Å². The lowest BCUT2D eigenvalue weighted by Gasteiger charge is -2.36. The number of ether oxygens (including phenoxy) is 4. The second-order valence-corrected chi connectivity index (χ2v) is 12.6. The lowest BCUT2D eigenvalue weighted by atomic mass is 9.84. The fourth-order valence-electron chi connectivity index (χ4n) is 5.27. The first-order valence-corrected chi connectivity index (χ1v) is 16.3. The average molecular weight is 671 g/mol. The van der Waals surface area contributed by atoms with Gasteiger partial charge in [0.05, 0.1) is 20.3 Å². The van der Waals surface area contributed by atoms with Crippen LogP contribution in [0.1, 0.15) is 90.9 Å². The Kier molecular flexibility index (Phi) is 15.9. The van der Waals surface area contributed by atoms with E-state index < -0.39 is 41.3 Å². The minimum absolute atomic E-state index is 0. The maximum absolute atomic E-state index is 13.8. The highest BCUT2D eigenvalue weighted by Gasteiger charge is 2.41. The normalized spacial score (nSPS) is 15.7. The van der Waals surface area contributed by atoms with Crippen molar-refractivity contribution in [1.29, 1.82) is 0 Å². The Morgan fingerprint density at radius 1 is 1.02 bits per heavy atom. The van der Waals surface area contributed by atoms with Gasteiger partial charge in [-0.3, -0.25) is 14.4 Å². The zero-order valence-corrected chi connectivity index (χ0v) is 28.5. The third kappa shape index (κ3) is 11.2. The summed E-state index contributed by atoms with van der Waals surface area (Å²) in [5.41, 5.74) is 0.758. The van der Waals surface area contributed by atoms with E-state index in [1.807, 2.05) is 31.2 Å². The number of likely N-dealkylation sites (tertiary alicyclic amines) is 1. The molecule has 48 heavy (non-hydrogen) atoms. The number of aliphatic hydroxyl groups excluding tert-OH is 1. The molecule has 1 heterocycles. The third-order valence-corrected chi connectivity index (χ3v) is 8.61. The van der Waals surface area contributed by atoms with Crippen LogP contribution in [0.15, 0.2) is 42.5 Å². The van der Waals surface area contributed by atoms with Crippen molar-refractivity contribution >= 4 is 23.6 Å². The standard InChI is InChI=1S/C36H50N2O9.CH4/c1-7-36(3,4)33(41)34(42)38-20-9-8-13-28(38)35(43)47-29(16-14-25-15-17-30(44-5)31(21-25)45-6)26-11-10-12-27(22-26)46-23-32(40)37-19-18-24(2)39;/h10-12,15,17,21-22,24,28-29,39H,7-9,13-14,16,18-20,23H2,1-6H3,(H,37,40);1H4/t24?,28?,29-;/m1./s1. The molecule has 0 radical (unpaired) electrons. The van der Waals surface area contributed by atoms with Crippen molar-refractivity contribution in [3.05, 3.63) is 53.6 Å². The molecule has 11 nitrogen and oxygen atoms in total. The first-order chi connectivity index (χ1) is 22.4. The molecule has 2 amide bonds. The van der Waals surface area contributed by atoms with Crippen LogP contribution in [0.4, 0.5) is 0 Å². The van der Waals surface area contributed by atoms with E-state index in [1.54, 1.807) is 53.2 Å². The number of nitrogens with one attached hydrogen (secondary N) is 1. The number of hydrogen-bond acceptors (Lipinski definition) is 9. The van der Waals surface area contributed by atoms with Gasteiger partial charge < -0.3 is 34.3 Å². The number of benzene rings is 2. The number of piperidine rings is 1. The maximum Gasteiger partial charge on any atom is 0.329 e. The number of esters is 1. The van der Waals surface area contributed by atoms with Crippen molar-refractivity contribution in [3.63, 3.8) is 0 Å². The summed E-state index contributed by atoms with van der Waals surface area (Å²) < 4.78 is 22.7. The smallest absolute Gasteiger partial charge is 0.329 e. The largest absolute Gasteiger partial charge is 0.493 e. The Labute approximate surface area is 285 Å². The number of rotatable bonds is 17. The lowest BCUT2D eigenvalue weighted by Crippen LogP contribution is -2.53. The summed E-state index contributed by atoms with van der Waals surface area (Å²) in [4.78, 5) is 53.9. The van der Waals surface area contributed by atoms with Gasteiger partial charge in [0.1, 0.15) is 17.9 Å². The Balaban J connectivity index is 0.00000800. The summed E-state index contributed by atoms with van der Waals surface area (Å²) >= 11 is 0. The predicted octanol–water partition coefficient (Wildman–Crippen LogP) is 5.21. The van der Waals surface area contributed by atoms with Gasteiger partial charge in [0.25, 0.3) is 11.8 Å². The molecular formula is C37H54N2O9. The highest BCUT2D eigenvalue weighted by Crippen LogP contribution is 2.32. The summed E-state index contributed by atoms with van der Waals surface area (Å²) in [6.45, 7) is 7.41. The molecule has 0 saturated carbocycles. The van der Waals surface area contributed by atoms with Gasteiger partial charge in [-0.1, -0.05) is 46.4 Å². The second kappa shape index (κ2) is 19.0. The Hall–Kier alpha value is -4.12. The molecule has 11 heteroatoms. The molecule has 2 unspecified atom stereocenters. The van der Waals surface area contributed by atoms with Crippen molar-refractivity contribution in [3.8, 4) is 17.2 Å². The van der Waals surface area contributed by atoms with Gasteiger partial charge in [0.15, 0.2) is 18.1 Å². The molecule has 3 rings (SSSR count). The van der Waals surface area contributed by atoms with Crippen molar-refractivity contribution in [1.82, 2.24) is 10.2 Å². The maximum atomic E-state index is 13.8. The Morgan fingerprint density at radius 2 is 1.75 bits per heavy atom. The second-order valence-electron chi connectivity index (χ2n) is 12.6. The fourth-order valence-corrected chi connectivity index (χ4v) is 5.27. The van der Waals surface area contributed by atoms with E-state index in [2.05, 4.69) is 5.32 Å². The molecule has 0 aromatic heterocycles. The van der Waals surface area contributed by atoms with Crippen LogP contribution in [-0.2, 0) is 30.3 Å². The number of aliphatic hydroxyl groups is 1. The molecule has 2 aromatic rings. The zero-order chi connectivity index (χ0) is 34.6. The average Bonchev–Trinajstić information content (AvgIpc) is 3.08. The molecule has 2 aromatic carbocycles. The molecule has 0 spiro atoms. The zero-order valence-electron chi connectivity index (χ0n) is 28.5. The number of aryl methyl sites for hydroxylation is 1. The minimum atomic E-state index is -0.874. The molecule has 266 valence electrons. The number of nitrogens with zero attached hydrogens (tertiary/aromatic N) is 1. The van der Waals surface area contributed by atoms with Crippen LogP contribution < -0.4 is 19.5 Å². The molecule has 1 aliphatic rings. The first kappa shape index (κ1) is 40.1. The SMILES string of the molecule is C.CCC(C)(C)C(=O)C(=O)N1CCCCC1C(=O)O[C@H](CCc1ccc(OC)c(OC)c1)c1cccc(OCC(=O)NCCC(C)O)c1. The van der Waals surface area contributed by atoms with Crippen LogP contribution in [0.2, 0.25) is 0 Å². The summed E-state index contributed by atoms with van der Waals surface area (Å²) in [6, 6.07) is 11.7. The summed E-state index contributed by atoms with van der Waals surface area (Å²) in [7, 11) is 3.13. The van der Waals surface area contributed by atoms with E-state index in [-0.39, 0.29) is 19.9 Å². The number of ketones is 1. The number of hydrogen-bond donors (Lipinski definition) is 2. The monoisotopic (exact) mass is 670 g/mol. The van der Waals surface area contributed by atoms with Crippen LogP contribution in [0.25, 0.3) is 0 Å². The summed E-state index contributed by atoms with van der Waals surface area (Å²) in [5, 5.41) is 12.1. The Morgan fingerprint density at radius 3 is 2.42 bits per heavy atom. The molecule has 0 aliphatic carbocycles. The Bertz CT molecular complexity index is 1370. The quantitative estimate of drug-likeness (QED) is 0.171. The number of carbonyl (C=O) groups is 4. The lowest BCUT2D eigenvalue weighted by molar-refractivity contribution is -0.164. The highest BCUT2D eigenvalue weighted by molar-refractivity contribution is 6.38. The van der Waals surface area contributed by atoms with Crippen LogP contribution in [-0.4, -0.2) is 79.6 Å². The number of methoxy groups -OCH3 is 2. The molecule has 0 bridgehead atoms. The van der Waals surface area contributed by atoms with Gasteiger partial charge in [-0.2, -0.15) is 0 Å². The summed E-state index contributed by atoms with van der Waals surface area (Å²) in [6.07, 6.45) is 2.44. The summed E-state index contributed by atoms with van der Waals surface area (Å²) in [5.74, 6) is -0.454. The van der Waals surface area contributed by atoms with Crippen LogP contribution >= 0.6 is 0 Å². The van der Waals surface area contributed by atoms with E-state index in [0.717, 1.165) is 12.0 Å². The highest BCUT2D eigenvalue weighted by atomic mass is 16.5. The first-order valence-electron chi connectivity index (χ1n) is 16.3.